The minimum Gasteiger partial charge on any atom is -0.438 e. The highest BCUT2D eigenvalue weighted by Gasteiger charge is 2.24. The lowest BCUT2D eigenvalue weighted by molar-refractivity contribution is -0.122. The van der Waals surface area contributed by atoms with Gasteiger partial charge in [-0.3, -0.25) is 4.79 Å². The summed E-state index contributed by atoms with van der Waals surface area (Å²) in [5.74, 6) is 1.41. The first-order valence-electron chi connectivity index (χ1n) is 9.77. The molecule has 1 aliphatic heterocycles. The van der Waals surface area contributed by atoms with E-state index in [0.29, 0.717) is 18.8 Å². The number of aromatic nitrogens is 1. The summed E-state index contributed by atoms with van der Waals surface area (Å²) in [5.41, 5.74) is 2.99. The number of likely N-dealkylation sites (N-methyl/N-ethyl adjacent to an activating group) is 2. The predicted molar refractivity (Wildman–Crippen MR) is 111 cm³/mol. The van der Waals surface area contributed by atoms with Crippen LogP contribution in [0.3, 0.4) is 0 Å². The fourth-order valence-electron chi connectivity index (χ4n) is 3.51. The van der Waals surface area contributed by atoms with Crippen LogP contribution in [0.15, 0.2) is 36.5 Å². The first kappa shape index (κ1) is 20.3. The fraction of sp³-hybridized carbons (Fsp3) is 0.455. The third-order valence-electron chi connectivity index (χ3n) is 5.33. The molecular formula is C22H30N4O2. The van der Waals surface area contributed by atoms with Crippen LogP contribution in [0.25, 0.3) is 0 Å². The number of para-hydroxylation sites is 1. The number of carbonyl (C=O) groups is 1. The van der Waals surface area contributed by atoms with Crippen molar-refractivity contribution in [2.24, 2.45) is 0 Å². The maximum absolute atomic E-state index is 12.5. The van der Waals surface area contributed by atoms with Crippen molar-refractivity contribution in [3.63, 3.8) is 0 Å². The summed E-state index contributed by atoms with van der Waals surface area (Å²) in [7, 11) is 4.19. The molecule has 0 radical (unpaired) electrons. The van der Waals surface area contributed by atoms with Crippen LogP contribution in [0.4, 0.5) is 0 Å². The van der Waals surface area contributed by atoms with E-state index in [0.717, 1.165) is 42.1 Å². The third-order valence-corrected chi connectivity index (χ3v) is 5.33. The lowest BCUT2D eigenvalue weighted by Gasteiger charge is -2.37. The van der Waals surface area contributed by atoms with Gasteiger partial charge in [-0.1, -0.05) is 24.3 Å². The second kappa shape index (κ2) is 9.17. The largest absolute Gasteiger partial charge is 0.438 e. The zero-order chi connectivity index (χ0) is 20.1. The van der Waals surface area contributed by atoms with Crippen molar-refractivity contribution in [1.29, 1.82) is 0 Å². The maximum atomic E-state index is 12.5. The molecule has 3 rings (SSSR count). The number of nitrogens with one attached hydrogen (secondary N) is 1. The second-order valence-corrected chi connectivity index (χ2v) is 7.67. The molecule has 1 aromatic carbocycles. The van der Waals surface area contributed by atoms with Gasteiger partial charge in [-0.05, 0) is 45.1 Å². The lowest BCUT2D eigenvalue weighted by Crippen LogP contribution is -2.51. The van der Waals surface area contributed by atoms with E-state index in [2.05, 4.69) is 34.2 Å². The molecule has 150 valence electrons. The van der Waals surface area contributed by atoms with Crippen LogP contribution in [0, 0.1) is 13.8 Å². The van der Waals surface area contributed by atoms with Gasteiger partial charge < -0.3 is 19.9 Å². The summed E-state index contributed by atoms with van der Waals surface area (Å²) in [5, 5.41) is 3.03. The summed E-state index contributed by atoms with van der Waals surface area (Å²) < 4.78 is 6.11. The minimum atomic E-state index is 0.0500. The Morgan fingerprint density at radius 2 is 1.93 bits per heavy atom. The smallest absolute Gasteiger partial charge is 0.224 e. The molecule has 1 aliphatic rings. The van der Waals surface area contributed by atoms with Gasteiger partial charge >= 0.3 is 0 Å². The second-order valence-electron chi connectivity index (χ2n) is 7.67. The lowest BCUT2D eigenvalue weighted by atomic mass is 10.1. The van der Waals surface area contributed by atoms with E-state index in [9.17, 15) is 4.79 Å². The highest BCUT2D eigenvalue weighted by molar-refractivity contribution is 5.76. The zero-order valence-corrected chi connectivity index (χ0v) is 17.2. The van der Waals surface area contributed by atoms with Gasteiger partial charge in [0.15, 0.2) is 0 Å². The zero-order valence-electron chi connectivity index (χ0n) is 17.2. The van der Waals surface area contributed by atoms with Gasteiger partial charge in [0.05, 0.1) is 0 Å². The monoisotopic (exact) mass is 382 g/mol. The number of aryl methyl sites for hydroxylation is 2. The first-order chi connectivity index (χ1) is 13.4. The number of piperazine rings is 1. The van der Waals surface area contributed by atoms with E-state index < -0.39 is 0 Å². The molecule has 0 aliphatic carbocycles. The van der Waals surface area contributed by atoms with Gasteiger partial charge in [0, 0.05) is 50.4 Å². The Bertz CT molecular complexity index is 804. The van der Waals surface area contributed by atoms with Gasteiger partial charge in [0.1, 0.15) is 5.75 Å². The molecule has 6 nitrogen and oxygen atoms in total. The van der Waals surface area contributed by atoms with Crippen molar-refractivity contribution < 1.29 is 9.53 Å². The molecule has 0 saturated carbocycles. The molecule has 2 aromatic rings. The molecule has 1 aromatic heterocycles. The van der Waals surface area contributed by atoms with Crippen molar-refractivity contribution >= 4 is 5.91 Å². The Hall–Kier alpha value is -2.44. The number of rotatable bonds is 6. The number of hydrogen-bond acceptors (Lipinski definition) is 5. The third kappa shape index (κ3) is 5.09. The van der Waals surface area contributed by atoms with E-state index >= 15 is 0 Å². The topological polar surface area (TPSA) is 57.7 Å². The Balaban J connectivity index is 1.63. The van der Waals surface area contributed by atoms with Crippen LogP contribution in [0.2, 0.25) is 0 Å². The van der Waals surface area contributed by atoms with Crippen molar-refractivity contribution in [3.8, 4) is 11.6 Å². The van der Waals surface area contributed by atoms with Gasteiger partial charge in [0.25, 0.3) is 0 Å². The Labute approximate surface area is 167 Å². The molecule has 0 spiro atoms. The Morgan fingerprint density at radius 3 is 2.68 bits per heavy atom. The standard InChI is InChI=1S/C22H30N4O2/c1-16-7-5-8-17(2)21(16)28-22-18(9-6-10-23-22)14-24-20(27)13-19-15-25(3)11-12-26(19)4/h5-10,19H,11-15H2,1-4H3,(H,24,27). The van der Waals surface area contributed by atoms with E-state index in [4.69, 9.17) is 4.74 Å². The van der Waals surface area contributed by atoms with Crippen LogP contribution in [0.5, 0.6) is 11.6 Å². The summed E-state index contributed by atoms with van der Waals surface area (Å²) in [6.45, 7) is 7.39. The van der Waals surface area contributed by atoms with E-state index in [1.54, 1.807) is 6.20 Å². The van der Waals surface area contributed by atoms with Crippen molar-refractivity contribution in [1.82, 2.24) is 20.1 Å². The number of amides is 1. The normalized spacial score (nSPS) is 18.1. The van der Waals surface area contributed by atoms with E-state index in [1.807, 2.05) is 44.2 Å². The number of nitrogens with zero attached hydrogens (tertiary/aromatic N) is 3. The van der Waals surface area contributed by atoms with Crippen molar-refractivity contribution in [2.45, 2.75) is 32.9 Å². The van der Waals surface area contributed by atoms with Crippen molar-refractivity contribution in [3.05, 3.63) is 53.2 Å². The Kier molecular flexibility index (Phi) is 6.65. The van der Waals surface area contributed by atoms with Gasteiger partial charge in [-0.25, -0.2) is 4.98 Å². The van der Waals surface area contributed by atoms with Crippen molar-refractivity contribution in [2.75, 3.05) is 33.7 Å². The summed E-state index contributed by atoms with van der Waals surface area (Å²) >= 11 is 0. The van der Waals surface area contributed by atoms with Gasteiger partial charge in [-0.15, -0.1) is 0 Å². The highest BCUT2D eigenvalue weighted by Crippen LogP contribution is 2.29. The molecule has 2 heterocycles. The molecular weight excluding hydrogens is 352 g/mol. The molecule has 1 N–H and O–H groups in total. The highest BCUT2D eigenvalue weighted by atomic mass is 16.5. The molecule has 1 atom stereocenters. The van der Waals surface area contributed by atoms with E-state index in [-0.39, 0.29) is 11.9 Å². The average molecular weight is 383 g/mol. The number of pyridine rings is 1. The number of benzene rings is 1. The molecule has 6 heteroatoms. The predicted octanol–water partition coefficient (Wildman–Crippen LogP) is 2.74. The SMILES string of the molecule is Cc1cccc(C)c1Oc1ncccc1CNC(=O)CC1CN(C)CCN1C. The van der Waals surface area contributed by atoms with Crippen LogP contribution in [-0.2, 0) is 11.3 Å². The first-order valence-corrected chi connectivity index (χ1v) is 9.77. The summed E-state index contributed by atoms with van der Waals surface area (Å²) in [6.07, 6.45) is 2.20. The van der Waals surface area contributed by atoms with Crippen LogP contribution in [0.1, 0.15) is 23.1 Å². The molecule has 1 saturated heterocycles. The molecule has 1 unspecified atom stereocenters. The fourth-order valence-corrected chi connectivity index (χ4v) is 3.51. The van der Waals surface area contributed by atoms with Crippen LogP contribution < -0.4 is 10.1 Å². The quantitative estimate of drug-likeness (QED) is 0.833. The number of hydrogen-bond donors (Lipinski definition) is 1. The summed E-state index contributed by atoms with van der Waals surface area (Å²) in [6, 6.07) is 10.1. The number of carbonyl (C=O) groups excluding carboxylic acids is 1. The van der Waals surface area contributed by atoms with Crippen LogP contribution in [-0.4, -0.2) is 60.5 Å². The van der Waals surface area contributed by atoms with Crippen LogP contribution >= 0.6 is 0 Å². The van der Waals surface area contributed by atoms with Gasteiger partial charge in [-0.2, -0.15) is 0 Å². The number of ether oxygens (including phenoxy) is 1. The van der Waals surface area contributed by atoms with E-state index in [1.165, 1.54) is 0 Å². The Morgan fingerprint density at radius 1 is 1.18 bits per heavy atom. The van der Waals surface area contributed by atoms with Gasteiger partial charge in [0.2, 0.25) is 11.8 Å². The molecule has 1 amide bonds. The molecule has 0 bridgehead atoms. The average Bonchev–Trinajstić information content (AvgIpc) is 2.67. The minimum absolute atomic E-state index is 0.0500. The molecule has 28 heavy (non-hydrogen) atoms. The summed E-state index contributed by atoms with van der Waals surface area (Å²) in [4.78, 5) is 21.4. The molecule has 1 fully saturated rings. The maximum Gasteiger partial charge on any atom is 0.224 e.